The molecule has 0 saturated carbocycles. The highest BCUT2D eigenvalue weighted by Crippen LogP contribution is 2.10. The van der Waals surface area contributed by atoms with Gasteiger partial charge in [-0.05, 0) is 12.1 Å². The van der Waals surface area contributed by atoms with Gasteiger partial charge in [-0.3, -0.25) is 0 Å². The summed E-state index contributed by atoms with van der Waals surface area (Å²) in [6.07, 6.45) is 3.23. The number of hydrazine groups is 1. The summed E-state index contributed by atoms with van der Waals surface area (Å²) in [5.41, 5.74) is 3.70. The van der Waals surface area contributed by atoms with Crippen LogP contribution in [0.3, 0.4) is 0 Å². The number of nitrogens with one attached hydrogen (secondary N) is 1. The summed E-state index contributed by atoms with van der Waals surface area (Å²) in [6, 6.07) is 9.76. The van der Waals surface area contributed by atoms with E-state index >= 15 is 0 Å². The van der Waals surface area contributed by atoms with E-state index in [1.165, 1.54) is 0 Å². The Hall–Kier alpha value is -1.84. The van der Waals surface area contributed by atoms with E-state index in [0.29, 0.717) is 0 Å². The van der Waals surface area contributed by atoms with Crippen LogP contribution >= 0.6 is 0 Å². The molecule has 1 aromatic carbocycles. The second-order valence-corrected chi connectivity index (χ2v) is 2.29. The van der Waals surface area contributed by atoms with Gasteiger partial charge in [-0.2, -0.15) is 20.9 Å². The molecule has 2 rings (SSSR count). The van der Waals surface area contributed by atoms with Gasteiger partial charge in [0.2, 0.25) is 0 Å². The van der Waals surface area contributed by atoms with Gasteiger partial charge in [0.05, 0.1) is 18.1 Å². The summed E-state index contributed by atoms with van der Waals surface area (Å²) in [4.78, 5) is 0. The zero-order chi connectivity index (χ0) is 8.23. The number of hydrogen-bond acceptors (Lipinski definition) is 4. The van der Waals surface area contributed by atoms with Crippen LogP contribution < -0.4 is 10.7 Å². The van der Waals surface area contributed by atoms with Crippen LogP contribution in [0.1, 0.15) is 0 Å². The maximum atomic E-state index is 4.05. The smallest absolute Gasteiger partial charge is 0.0850 e. The molecule has 0 saturated heterocycles. The minimum absolute atomic E-state index is 0.964. The van der Waals surface area contributed by atoms with Gasteiger partial charge in [0.15, 0.2) is 0 Å². The van der Waals surface area contributed by atoms with Gasteiger partial charge >= 0.3 is 0 Å². The standard InChI is InChI=1S/C8H8N4/c1-2-4-8(5-3-1)12-10-7-6-9-11-12/h1-7,11H. The molecular formula is C8H8N4. The lowest BCUT2D eigenvalue weighted by Crippen LogP contribution is -2.31. The first kappa shape index (κ1) is 6.84. The third-order valence-corrected chi connectivity index (χ3v) is 1.48. The first-order chi connectivity index (χ1) is 5.97. The lowest BCUT2D eigenvalue weighted by Gasteiger charge is -2.18. The SMILES string of the molecule is C1=NNN(c2ccccc2)N=C1. The largest absolute Gasteiger partial charge is 0.197 e. The molecule has 1 aliphatic heterocycles. The van der Waals surface area contributed by atoms with Crippen LogP contribution in [0.5, 0.6) is 0 Å². The topological polar surface area (TPSA) is 40.0 Å². The number of anilines is 1. The van der Waals surface area contributed by atoms with Crippen molar-refractivity contribution in [2.45, 2.75) is 0 Å². The summed E-state index contributed by atoms with van der Waals surface area (Å²) in [5, 5.41) is 9.48. The zero-order valence-corrected chi connectivity index (χ0v) is 6.38. The summed E-state index contributed by atoms with van der Waals surface area (Å²) < 4.78 is 0. The van der Waals surface area contributed by atoms with Gasteiger partial charge in [-0.25, -0.2) is 0 Å². The quantitative estimate of drug-likeness (QED) is 0.665. The van der Waals surface area contributed by atoms with Gasteiger partial charge in [0.1, 0.15) is 0 Å². The number of benzene rings is 1. The van der Waals surface area contributed by atoms with E-state index in [1.807, 2.05) is 30.3 Å². The molecule has 1 N–H and O–H groups in total. The molecule has 4 heteroatoms. The van der Waals surface area contributed by atoms with Gasteiger partial charge < -0.3 is 0 Å². The Morgan fingerprint density at radius 3 is 2.58 bits per heavy atom. The zero-order valence-electron chi connectivity index (χ0n) is 6.38. The Morgan fingerprint density at radius 1 is 1.08 bits per heavy atom. The first-order valence-corrected chi connectivity index (χ1v) is 3.63. The van der Waals surface area contributed by atoms with Gasteiger partial charge in [0, 0.05) is 0 Å². The number of hydrogen-bond donors (Lipinski definition) is 1. The van der Waals surface area contributed by atoms with E-state index in [4.69, 9.17) is 0 Å². The fourth-order valence-corrected chi connectivity index (χ4v) is 0.937. The summed E-state index contributed by atoms with van der Waals surface area (Å²) in [5.74, 6) is 0. The molecule has 4 nitrogen and oxygen atoms in total. The Kier molecular flexibility index (Phi) is 1.74. The molecule has 0 aliphatic carbocycles. The van der Waals surface area contributed by atoms with Crippen molar-refractivity contribution in [2.24, 2.45) is 10.2 Å². The van der Waals surface area contributed by atoms with Crippen molar-refractivity contribution in [1.82, 2.24) is 5.53 Å². The number of hydrazone groups is 2. The molecule has 60 valence electrons. The minimum Gasteiger partial charge on any atom is -0.197 e. The lowest BCUT2D eigenvalue weighted by molar-refractivity contribution is 0.683. The maximum absolute atomic E-state index is 4.05. The predicted octanol–water partition coefficient (Wildman–Crippen LogP) is 0.983. The molecule has 1 aliphatic rings. The average molecular weight is 160 g/mol. The monoisotopic (exact) mass is 160 g/mol. The van der Waals surface area contributed by atoms with Crippen molar-refractivity contribution < 1.29 is 0 Å². The molecule has 0 unspecified atom stereocenters. The third-order valence-electron chi connectivity index (χ3n) is 1.48. The molecule has 0 amide bonds. The van der Waals surface area contributed by atoms with Crippen molar-refractivity contribution in [3.05, 3.63) is 30.3 Å². The molecule has 0 atom stereocenters. The molecule has 0 fully saturated rings. The van der Waals surface area contributed by atoms with E-state index in [2.05, 4.69) is 15.7 Å². The lowest BCUT2D eigenvalue weighted by atomic mass is 10.3. The van der Waals surface area contributed by atoms with Crippen LogP contribution in [0.2, 0.25) is 0 Å². The van der Waals surface area contributed by atoms with Crippen molar-refractivity contribution in [2.75, 3.05) is 5.12 Å². The highest BCUT2D eigenvalue weighted by molar-refractivity contribution is 6.16. The van der Waals surface area contributed by atoms with Gasteiger partial charge in [-0.1, -0.05) is 18.2 Å². The molecule has 12 heavy (non-hydrogen) atoms. The summed E-state index contributed by atoms with van der Waals surface area (Å²) >= 11 is 0. The number of nitrogens with zero attached hydrogens (tertiary/aromatic N) is 3. The van der Waals surface area contributed by atoms with E-state index in [9.17, 15) is 0 Å². The fraction of sp³-hybridized carbons (Fsp3) is 0. The molecule has 1 aromatic rings. The summed E-state index contributed by atoms with van der Waals surface area (Å²) in [6.45, 7) is 0. The van der Waals surface area contributed by atoms with E-state index in [1.54, 1.807) is 17.5 Å². The highest BCUT2D eigenvalue weighted by Gasteiger charge is 2.01. The Labute approximate surface area is 70.2 Å². The first-order valence-electron chi connectivity index (χ1n) is 3.63. The van der Waals surface area contributed by atoms with E-state index < -0.39 is 0 Å². The second kappa shape index (κ2) is 3.04. The summed E-state index contributed by atoms with van der Waals surface area (Å²) in [7, 11) is 0. The predicted molar refractivity (Wildman–Crippen MR) is 49.0 cm³/mol. The molecule has 0 spiro atoms. The van der Waals surface area contributed by atoms with Crippen molar-refractivity contribution in [3.63, 3.8) is 0 Å². The van der Waals surface area contributed by atoms with Crippen LogP contribution in [-0.4, -0.2) is 12.4 Å². The normalized spacial score (nSPS) is 14.5. The highest BCUT2D eigenvalue weighted by atomic mass is 15.8. The number of rotatable bonds is 1. The van der Waals surface area contributed by atoms with E-state index in [-0.39, 0.29) is 0 Å². The Bertz CT molecular complexity index is 304. The minimum atomic E-state index is 0.964. The average Bonchev–Trinajstić information content (AvgIpc) is 2.21. The van der Waals surface area contributed by atoms with Gasteiger partial charge in [-0.15, -0.1) is 0 Å². The molecular weight excluding hydrogens is 152 g/mol. The van der Waals surface area contributed by atoms with Gasteiger partial charge in [0.25, 0.3) is 0 Å². The van der Waals surface area contributed by atoms with Crippen molar-refractivity contribution in [1.29, 1.82) is 0 Å². The molecule has 0 aromatic heterocycles. The molecule has 0 bridgehead atoms. The van der Waals surface area contributed by atoms with Crippen LogP contribution in [0.15, 0.2) is 40.5 Å². The Balaban J connectivity index is 2.21. The molecule has 1 heterocycles. The van der Waals surface area contributed by atoms with Crippen LogP contribution in [-0.2, 0) is 0 Å². The van der Waals surface area contributed by atoms with Crippen molar-refractivity contribution >= 4 is 18.1 Å². The molecule has 0 radical (unpaired) electrons. The van der Waals surface area contributed by atoms with Crippen LogP contribution in [0.4, 0.5) is 5.69 Å². The van der Waals surface area contributed by atoms with Crippen LogP contribution in [0.25, 0.3) is 0 Å². The second-order valence-electron chi connectivity index (χ2n) is 2.29. The Morgan fingerprint density at radius 2 is 1.92 bits per heavy atom. The fourth-order valence-electron chi connectivity index (χ4n) is 0.937. The van der Waals surface area contributed by atoms with Crippen molar-refractivity contribution in [3.8, 4) is 0 Å². The van der Waals surface area contributed by atoms with E-state index in [0.717, 1.165) is 5.69 Å². The van der Waals surface area contributed by atoms with Crippen LogP contribution in [0, 0.1) is 0 Å². The maximum Gasteiger partial charge on any atom is 0.0850 e. The number of para-hydroxylation sites is 1. The third kappa shape index (κ3) is 1.27.